The molecule has 1 aromatic rings. The molecule has 0 aliphatic rings. The monoisotopic (exact) mass is 181 g/mol. The van der Waals surface area contributed by atoms with Crippen LogP contribution in [0.2, 0.25) is 0 Å². The third kappa shape index (κ3) is 2.34. The fourth-order valence-corrected chi connectivity index (χ4v) is 1.17. The Labute approximate surface area is 78.1 Å². The summed E-state index contributed by atoms with van der Waals surface area (Å²) in [4.78, 5) is 14.4. The fraction of sp³-hybridized carbons (Fsp3) is 0.500. The van der Waals surface area contributed by atoms with E-state index in [1.165, 1.54) is 0 Å². The van der Waals surface area contributed by atoms with Gasteiger partial charge in [0, 0.05) is 11.9 Å². The number of ether oxygens (including phenoxy) is 1. The molecule has 13 heavy (non-hydrogen) atoms. The van der Waals surface area contributed by atoms with Gasteiger partial charge in [0.2, 0.25) is 0 Å². The van der Waals surface area contributed by atoms with Crippen LogP contribution >= 0.6 is 0 Å². The maximum Gasteiger partial charge on any atom is 0.314 e. The normalized spacial score (nSPS) is 12.5. The Morgan fingerprint density at radius 1 is 1.69 bits per heavy atom. The number of esters is 1. The van der Waals surface area contributed by atoms with E-state index in [9.17, 15) is 4.79 Å². The van der Waals surface area contributed by atoms with Gasteiger partial charge in [-0.1, -0.05) is 0 Å². The summed E-state index contributed by atoms with van der Waals surface area (Å²) in [5.41, 5.74) is 2.04. The van der Waals surface area contributed by atoms with Crippen LogP contribution in [0.25, 0.3) is 0 Å². The first-order valence-electron chi connectivity index (χ1n) is 4.46. The Morgan fingerprint density at radius 3 is 2.85 bits per heavy atom. The summed E-state index contributed by atoms with van der Waals surface area (Å²) in [5.74, 6) is -0.377. The molecule has 0 aliphatic heterocycles. The van der Waals surface area contributed by atoms with Crippen molar-refractivity contribution >= 4 is 5.97 Å². The van der Waals surface area contributed by atoms with Crippen molar-refractivity contribution in [3.63, 3.8) is 0 Å². The van der Waals surface area contributed by atoms with Crippen molar-refractivity contribution in [3.05, 3.63) is 23.5 Å². The summed E-state index contributed by atoms with van der Waals surface area (Å²) in [7, 11) is 0. The van der Waals surface area contributed by atoms with Gasteiger partial charge in [-0.2, -0.15) is 0 Å². The molecule has 0 spiro atoms. The van der Waals surface area contributed by atoms with Crippen LogP contribution in [0.15, 0.2) is 12.3 Å². The molecule has 1 heterocycles. The number of aromatic amines is 1. The molecule has 72 valence electrons. The van der Waals surface area contributed by atoms with Crippen molar-refractivity contribution in [2.75, 3.05) is 6.61 Å². The molecule has 0 fully saturated rings. The van der Waals surface area contributed by atoms with Gasteiger partial charge in [0.15, 0.2) is 0 Å². The predicted octanol–water partition coefficient (Wildman–Crippen LogP) is 1.99. The topological polar surface area (TPSA) is 42.1 Å². The Bertz CT molecular complexity index is 291. The number of carbonyl (C=O) groups excluding carboxylic acids is 1. The van der Waals surface area contributed by atoms with Crippen LogP contribution in [0.1, 0.15) is 31.0 Å². The number of aryl methyl sites for hydroxylation is 1. The van der Waals surface area contributed by atoms with Gasteiger partial charge in [0.05, 0.1) is 12.5 Å². The van der Waals surface area contributed by atoms with Crippen LogP contribution < -0.4 is 0 Å². The first-order chi connectivity index (χ1) is 6.15. The van der Waals surface area contributed by atoms with Gasteiger partial charge in [-0.15, -0.1) is 0 Å². The van der Waals surface area contributed by atoms with Crippen LogP contribution in [0.3, 0.4) is 0 Å². The molecule has 3 nitrogen and oxygen atoms in total. The predicted molar refractivity (Wildman–Crippen MR) is 50.6 cm³/mol. The Kier molecular flexibility index (Phi) is 3.12. The zero-order valence-electron chi connectivity index (χ0n) is 8.26. The number of nitrogens with one attached hydrogen (secondary N) is 1. The summed E-state index contributed by atoms with van der Waals surface area (Å²) in [6, 6.07) is 1.96. The number of aromatic nitrogens is 1. The van der Waals surface area contributed by atoms with Crippen LogP contribution in [0, 0.1) is 6.92 Å². The molecule has 1 rings (SSSR count). The smallest absolute Gasteiger partial charge is 0.314 e. The average Bonchev–Trinajstić information content (AvgIpc) is 2.51. The van der Waals surface area contributed by atoms with E-state index in [1.807, 2.05) is 33.0 Å². The zero-order chi connectivity index (χ0) is 9.84. The van der Waals surface area contributed by atoms with E-state index >= 15 is 0 Å². The highest BCUT2D eigenvalue weighted by molar-refractivity contribution is 5.77. The molecule has 0 saturated heterocycles. The van der Waals surface area contributed by atoms with Crippen LogP contribution in [0.5, 0.6) is 0 Å². The SMILES string of the molecule is CCOC(=O)C(C)c1cc(C)c[nH]1. The highest BCUT2D eigenvalue weighted by Gasteiger charge is 2.17. The number of H-pyrrole nitrogens is 1. The zero-order valence-corrected chi connectivity index (χ0v) is 8.26. The minimum absolute atomic E-state index is 0.177. The van der Waals surface area contributed by atoms with Crippen LogP contribution in [-0.4, -0.2) is 17.6 Å². The molecule has 1 atom stereocenters. The van der Waals surface area contributed by atoms with E-state index in [-0.39, 0.29) is 11.9 Å². The summed E-state index contributed by atoms with van der Waals surface area (Å²) < 4.78 is 4.91. The lowest BCUT2D eigenvalue weighted by Gasteiger charge is -2.07. The first kappa shape index (κ1) is 9.84. The summed E-state index contributed by atoms with van der Waals surface area (Å²) in [5, 5.41) is 0. The molecule has 0 bridgehead atoms. The second kappa shape index (κ2) is 4.12. The fourth-order valence-electron chi connectivity index (χ4n) is 1.17. The van der Waals surface area contributed by atoms with Gasteiger partial charge in [-0.3, -0.25) is 4.79 Å². The number of hydrogen-bond donors (Lipinski definition) is 1. The summed E-state index contributed by atoms with van der Waals surface area (Å²) >= 11 is 0. The van der Waals surface area contributed by atoms with Gasteiger partial charge in [-0.25, -0.2) is 0 Å². The van der Waals surface area contributed by atoms with E-state index in [2.05, 4.69) is 4.98 Å². The number of carbonyl (C=O) groups is 1. The lowest BCUT2D eigenvalue weighted by molar-refractivity contribution is -0.144. The Balaban J connectivity index is 2.67. The van der Waals surface area contributed by atoms with E-state index in [0.717, 1.165) is 11.3 Å². The third-order valence-corrected chi connectivity index (χ3v) is 1.96. The van der Waals surface area contributed by atoms with Crippen LogP contribution in [0.4, 0.5) is 0 Å². The van der Waals surface area contributed by atoms with E-state index in [1.54, 1.807) is 0 Å². The van der Waals surface area contributed by atoms with Crippen molar-refractivity contribution in [1.29, 1.82) is 0 Å². The molecule has 0 radical (unpaired) electrons. The lowest BCUT2D eigenvalue weighted by Crippen LogP contribution is -2.13. The summed E-state index contributed by atoms with van der Waals surface area (Å²) in [6.07, 6.45) is 1.88. The Morgan fingerprint density at radius 2 is 2.38 bits per heavy atom. The molecule has 1 aromatic heterocycles. The quantitative estimate of drug-likeness (QED) is 0.724. The molecular weight excluding hydrogens is 166 g/mol. The highest BCUT2D eigenvalue weighted by atomic mass is 16.5. The molecule has 1 N–H and O–H groups in total. The number of hydrogen-bond acceptors (Lipinski definition) is 2. The van der Waals surface area contributed by atoms with E-state index < -0.39 is 0 Å². The maximum atomic E-state index is 11.3. The van der Waals surface area contributed by atoms with Crippen molar-refractivity contribution in [2.45, 2.75) is 26.7 Å². The summed E-state index contributed by atoms with van der Waals surface area (Å²) in [6.45, 7) is 6.06. The maximum absolute atomic E-state index is 11.3. The van der Waals surface area contributed by atoms with Crippen molar-refractivity contribution in [3.8, 4) is 0 Å². The van der Waals surface area contributed by atoms with Crippen LogP contribution in [-0.2, 0) is 9.53 Å². The minimum Gasteiger partial charge on any atom is -0.465 e. The second-order valence-corrected chi connectivity index (χ2v) is 3.11. The third-order valence-electron chi connectivity index (χ3n) is 1.96. The molecule has 0 aromatic carbocycles. The second-order valence-electron chi connectivity index (χ2n) is 3.11. The largest absolute Gasteiger partial charge is 0.465 e. The highest BCUT2D eigenvalue weighted by Crippen LogP contribution is 2.15. The standard InChI is InChI=1S/C10H15NO2/c1-4-13-10(12)8(3)9-5-7(2)6-11-9/h5-6,8,11H,4H2,1-3H3. The molecule has 0 aliphatic carbocycles. The van der Waals surface area contributed by atoms with Crippen molar-refractivity contribution in [1.82, 2.24) is 4.98 Å². The van der Waals surface area contributed by atoms with Gasteiger partial charge in [0.1, 0.15) is 0 Å². The van der Waals surface area contributed by atoms with Gasteiger partial charge < -0.3 is 9.72 Å². The molecule has 3 heteroatoms. The lowest BCUT2D eigenvalue weighted by atomic mass is 10.1. The first-order valence-corrected chi connectivity index (χ1v) is 4.46. The molecular formula is C10H15NO2. The van der Waals surface area contributed by atoms with Gasteiger partial charge >= 0.3 is 5.97 Å². The minimum atomic E-state index is -0.200. The number of rotatable bonds is 3. The molecule has 0 saturated carbocycles. The van der Waals surface area contributed by atoms with E-state index in [0.29, 0.717) is 6.61 Å². The van der Waals surface area contributed by atoms with Gasteiger partial charge in [-0.05, 0) is 32.4 Å². The molecule has 0 amide bonds. The molecule has 1 unspecified atom stereocenters. The van der Waals surface area contributed by atoms with Crippen molar-refractivity contribution < 1.29 is 9.53 Å². The van der Waals surface area contributed by atoms with E-state index in [4.69, 9.17) is 4.74 Å². The Hall–Kier alpha value is -1.25. The van der Waals surface area contributed by atoms with Gasteiger partial charge in [0.25, 0.3) is 0 Å². The van der Waals surface area contributed by atoms with Crippen molar-refractivity contribution in [2.24, 2.45) is 0 Å². The average molecular weight is 181 g/mol.